The summed E-state index contributed by atoms with van der Waals surface area (Å²) in [5.74, 6) is 0.998. The minimum atomic E-state index is -0.162. The Morgan fingerprint density at radius 1 is 1.19 bits per heavy atom. The topological polar surface area (TPSA) is 89.2 Å². The van der Waals surface area contributed by atoms with Crippen molar-refractivity contribution in [3.63, 3.8) is 0 Å². The van der Waals surface area contributed by atoms with E-state index in [-0.39, 0.29) is 23.4 Å². The number of anilines is 1. The zero-order valence-electron chi connectivity index (χ0n) is 14.8. The maximum absolute atomic E-state index is 12.2. The standard InChI is InChI=1S/C18H19N5O2S/c1-11(2)18-21-20-15-7-8-17(22-23(15)18)26-10-16(25)19-14-6-4-5-13(9-14)12(3)24/h4-9,11H,10H2,1-3H3,(H,19,25). The van der Waals surface area contributed by atoms with Crippen LogP contribution in [0.5, 0.6) is 0 Å². The Balaban J connectivity index is 1.66. The summed E-state index contributed by atoms with van der Waals surface area (Å²) in [4.78, 5) is 23.6. The molecular weight excluding hydrogens is 350 g/mol. The third-order valence-corrected chi connectivity index (χ3v) is 4.60. The number of aromatic nitrogens is 4. The van der Waals surface area contributed by atoms with Gasteiger partial charge in [0.05, 0.1) is 5.75 Å². The summed E-state index contributed by atoms with van der Waals surface area (Å²) >= 11 is 1.33. The van der Waals surface area contributed by atoms with Crippen molar-refractivity contribution < 1.29 is 9.59 Å². The Bertz CT molecular complexity index is 967. The fourth-order valence-electron chi connectivity index (χ4n) is 2.38. The fraction of sp³-hybridized carbons (Fsp3) is 0.278. The predicted molar refractivity (Wildman–Crippen MR) is 101 cm³/mol. The van der Waals surface area contributed by atoms with Gasteiger partial charge in [-0.2, -0.15) is 9.61 Å². The van der Waals surface area contributed by atoms with Gasteiger partial charge in [0.1, 0.15) is 5.03 Å². The van der Waals surface area contributed by atoms with Crippen LogP contribution in [0.2, 0.25) is 0 Å². The largest absolute Gasteiger partial charge is 0.325 e. The first kappa shape index (κ1) is 18.1. The number of fused-ring (bicyclic) bond motifs is 1. The van der Waals surface area contributed by atoms with Crippen molar-refractivity contribution in [1.29, 1.82) is 0 Å². The summed E-state index contributed by atoms with van der Waals surface area (Å²) in [5, 5.41) is 16.2. The van der Waals surface area contributed by atoms with Crippen molar-refractivity contribution in [3.05, 3.63) is 47.8 Å². The van der Waals surface area contributed by atoms with Crippen LogP contribution in [-0.4, -0.2) is 37.3 Å². The van der Waals surface area contributed by atoms with Gasteiger partial charge < -0.3 is 5.32 Å². The number of hydrogen-bond acceptors (Lipinski definition) is 6. The second kappa shape index (κ2) is 7.65. The first-order chi connectivity index (χ1) is 12.4. The Morgan fingerprint density at radius 2 is 2.00 bits per heavy atom. The molecule has 0 spiro atoms. The number of Topliss-reactive ketones (excluding diaryl/α,β-unsaturated/α-hetero) is 1. The molecule has 0 fully saturated rings. The number of hydrogen-bond donors (Lipinski definition) is 1. The van der Waals surface area contributed by atoms with Crippen molar-refractivity contribution in [1.82, 2.24) is 19.8 Å². The lowest BCUT2D eigenvalue weighted by molar-refractivity contribution is -0.113. The number of carbonyl (C=O) groups is 2. The molecule has 0 saturated heterocycles. The number of nitrogens with zero attached hydrogens (tertiary/aromatic N) is 4. The molecule has 0 radical (unpaired) electrons. The Kier molecular flexibility index (Phi) is 5.32. The van der Waals surface area contributed by atoms with Crippen molar-refractivity contribution in [3.8, 4) is 0 Å². The van der Waals surface area contributed by atoms with Crippen LogP contribution in [0.15, 0.2) is 41.4 Å². The van der Waals surface area contributed by atoms with Gasteiger partial charge in [-0.05, 0) is 31.2 Å². The van der Waals surface area contributed by atoms with E-state index in [1.165, 1.54) is 18.7 Å². The fourth-order valence-corrected chi connectivity index (χ4v) is 3.03. The quantitative estimate of drug-likeness (QED) is 0.530. The van der Waals surface area contributed by atoms with E-state index in [0.717, 1.165) is 5.82 Å². The van der Waals surface area contributed by atoms with Gasteiger partial charge in [0.25, 0.3) is 0 Å². The molecule has 3 aromatic rings. The number of benzene rings is 1. The highest BCUT2D eigenvalue weighted by Gasteiger charge is 2.12. The second-order valence-corrected chi connectivity index (χ2v) is 7.12. The zero-order chi connectivity index (χ0) is 18.7. The van der Waals surface area contributed by atoms with Gasteiger partial charge in [-0.15, -0.1) is 10.2 Å². The number of nitrogens with one attached hydrogen (secondary N) is 1. The van der Waals surface area contributed by atoms with Crippen LogP contribution in [0.4, 0.5) is 5.69 Å². The maximum Gasteiger partial charge on any atom is 0.234 e. The van der Waals surface area contributed by atoms with E-state index >= 15 is 0 Å². The normalized spacial score (nSPS) is 11.1. The minimum absolute atomic E-state index is 0.0390. The maximum atomic E-state index is 12.2. The van der Waals surface area contributed by atoms with Crippen LogP contribution in [0, 0.1) is 0 Å². The van der Waals surface area contributed by atoms with Gasteiger partial charge in [0, 0.05) is 17.2 Å². The molecule has 0 saturated carbocycles. The third kappa shape index (κ3) is 4.08. The lowest BCUT2D eigenvalue weighted by Gasteiger charge is -2.07. The molecule has 1 amide bonds. The molecule has 0 aliphatic carbocycles. The molecule has 1 N–H and O–H groups in total. The minimum Gasteiger partial charge on any atom is -0.325 e. The molecule has 1 aromatic carbocycles. The molecule has 134 valence electrons. The Hall–Kier alpha value is -2.74. The van der Waals surface area contributed by atoms with Gasteiger partial charge in [-0.1, -0.05) is 37.7 Å². The summed E-state index contributed by atoms with van der Waals surface area (Å²) in [7, 11) is 0. The molecular formula is C18H19N5O2S. The SMILES string of the molecule is CC(=O)c1cccc(NC(=O)CSc2ccc3nnc(C(C)C)n3n2)c1. The van der Waals surface area contributed by atoms with E-state index in [1.54, 1.807) is 28.8 Å². The second-order valence-electron chi connectivity index (χ2n) is 6.13. The number of amides is 1. The van der Waals surface area contributed by atoms with Crippen molar-refractivity contribution in [2.75, 3.05) is 11.1 Å². The van der Waals surface area contributed by atoms with Crippen molar-refractivity contribution in [2.24, 2.45) is 0 Å². The summed E-state index contributed by atoms with van der Waals surface area (Å²) in [5.41, 5.74) is 1.85. The summed E-state index contributed by atoms with van der Waals surface area (Å²) < 4.78 is 1.71. The van der Waals surface area contributed by atoms with Gasteiger partial charge in [-0.25, -0.2) is 0 Å². The first-order valence-corrected chi connectivity index (χ1v) is 9.18. The van der Waals surface area contributed by atoms with Crippen LogP contribution in [0.1, 0.15) is 42.9 Å². The number of carbonyl (C=O) groups excluding carboxylic acids is 2. The van der Waals surface area contributed by atoms with E-state index < -0.39 is 0 Å². The first-order valence-electron chi connectivity index (χ1n) is 8.20. The van der Waals surface area contributed by atoms with Gasteiger partial charge in [0.15, 0.2) is 17.3 Å². The highest BCUT2D eigenvalue weighted by molar-refractivity contribution is 7.99. The Morgan fingerprint density at radius 3 is 2.73 bits per heavy atom. The lowest BCUT2D eigenvalue weighted by atomic mass is 10.1. The molecule has 2 heterocycles. The summed E-state index contributed by atoms with van der Waals surface area (Å²) in [6.45, 7) is 5.55. The molecule has 0 aliphatic rings. The van der Waals surface area contributed by atoms with E-state index in [4.69, 9.17) is 0 Å². The molecule has 3 rings (SSSR count). The van der Waals surface area contributed by atoms with Gasteiger partial charge >= 0.3 is 0 Å². The smallest absolute Gasteiger partial charge is 0.234 e. The Labute approximate surface area is 155 Å². The summed E-state index contributed by atoms with van der Waals surface area (Å²) in [6, 6.07) is 10.5. The average Bonchev–Trinajstić information content (AvgIpc) is 3.03. The number of thioether (sulfide) groups is 1. The van der Waals surface area contributed by atoms with Gasteiger partial charge in [0.2, 0.25) is 5.91 Å². The predicted octanol–water partition coefficient (Wildman–Crippen LogP) is 3.18. The molecule has 7 nitrogen and oxygen atoms in total. The molecule has 0 aliphatic heterocycles. The molecule has 0 unspecified atom stereocenters. The molecule has 26 heavy (non-hydrogen) atoms. The van der Waals surface area contributed by atoms with E-state index in [1.807, 2.05) is 26.0 Å². The van der Waals surface area contributed by atoms with Crippen molar-refractivity contribution in [2.45, 2.75) is 31.7 Å². The van der Waals surface area contributed by atoms with E-state index in [0.29, 0.717) is 21.9 Å². The van der Waals surface area contributed by atoms with Crippen LogP contribution in [-0.2, 0) is 4.79 Å². The van der Waals surface area contributed by atoms with Crippen molar-refractivity contribution >= 4 is 34.8 Å². The average molecular weight is 369 g/mol. The third-order valence-electron chi connectivity index (χ3n) is 3.68. The highest BCUT2D eigenvalue weighted by atomic mass is 32.2. The van der Waals surface area contributed by atoms with Crippen LogP contribution in [0.25, 0.3) is 5.65 Å². The highest BCUT2D eigenvalue weighted by Crippen LogP contribution is 2.19. The van der Waals surface area contributed by atoms with Crippen LogP contribution in [0.3, 0.4) is 0 Å². The molecule has 2 aromatic heterocycles. The van der Waals surface area contributed by atoms with Gasteiger partial charge in [-0.3, -0.25) is 9.59 Å². The van der Waals surface area contributed by atoms with Crippen LogP contribution < -0.4 is 5.32 Å². The number of rotatable bonds is 6. The molecule has 8 heteroatoms. The molecule has 0 bridgehead atoms. The zero-order valence-corrected chi connectivity index (χ0v) is 15.6. The summed E-state index contributed by atoms with van der Waals surface area (Å²) in [6.07, 6.45) is 0. The van der Waals surface area contributed by atoms with E-state index in [9.17, 15) is 9.59 Å². The van der Waals surface area contributed by atoms with E-state index in [2.05, 4.69) is 20.6 Å². The molecule has 0 atom stereocenters. The lowest BCUT2D eigenvalue weighted by Crippen LogP contribution is -2.14. The van der Waals surface area contributed by atoms with Crippen LogP contribution >= 0.6 is 11.8 Å². The number of ketones is 1. The monoisotopic (exact) mass is 369 g/mol.